The molecule has 0 rings (SSSR count). The molecule has 0 bridgehead atoms. The highest BCUT2D eigenvalue weighted by Crippen LogP contribution is 1.94. The lowest BCUT2D eigenvalue weighted by Crippen LogP contribution is -2.17. The van der Waals surface area contributed by atoms with E-state index in [0.29, 0.717) is 0 Å². The van der Waals surface area contributed by atoms with Crippen molar-refractivity contribution in [3.05, 3.63) is 10.4 Å². The van der Waals surface area contributed by atoms with Crippen molar-refractivity contribution in [1.29, 1.82) is 0 Å². The number of carbonyl (C=O) groups excluding carboxylic acids is 1. The Hall–Kier alpha value is -1.13. The van der Waals surface area contributed by atoms with Crippen LogP contribution in [0, 0.1) is 0 Å². The first-order valence-electron chi connectivity index (χ1n) is 2.95. The Morgan fingerprint density at radius 1 is 1.91 bits per heavy atom. The molecule has 0 aromatic heterocycles. The summed E-state index contributed by atoms with van der Waals surface area (Å²) >= 11 is 0. The zero-order valence-electron chi connectivity index (χ0n) is 6.03. The van der Waals surface area contributed by atoms with Crippen molar-refractivity contribution >= 4 is 5.78 Å². The number of nitrogens with zero attached hydrogens (tertiary/aromatic N) is 3. The van der Waals surface area contributed by atoms with Crippen LogP contribution in [0.3, 0.4) is 0 Å². The minimum atomic E-state index is -1.90. The second-order valence-corrected chi connectivity index (χ2v) is 1.75. The third kappa shape index (κ3) is 5.32. The van der Waals surface area contributed by atoms with Gasteiger partial charge in [0.25, 0.3) is 6.36 Å². The molecular weight excluding hydrogens is 153 g/mol. The molecule has 0 aromatic rings. The van der Waals surface area contributed by atoms with Crippen molar-refractivity contribution < 1.29 is 13.9 Å². The van der Waals surface area contributed by atoms with E-state index in [0.717, 1.165) is 6.92 Å². The summed E-state index contributed by atoms with van der Waals surface area (Å²) in [5, 5.41) is 3.08. The summed E-state index contributed by atoms with van der Waals surface area (Å²) in [6.45, 7) is 1.03. The Labute approximate surface area is 62.8 Å². The summed E-state index contributed by atoms with van der Waals surface area (Å²) < 4.78 is 16.6. The summed E-state index contributed by atoms with van der Waals surface area (Å²) in [6, 6.07) is 0. The molecule has 0 fully saturated rings. The largest absolute Gasteiger partial charge is 0.342 e. The molecule has 6 heteroatoms. The molecule has 0 heterocycles. The summed E-state index contributed by atoms with van der Waals surface area (Å²) in [4.78, 5) is 12.6. The van der Waals surface area contributed by atoms with Gasteiger partial charge in [0.2, 0.25) is 0 Å². The van der Waals surface area contributed by atoms with Crippen LogP contribution in [0.15, 0.2) is 5.11 Å². The van der Waals surface area contributed by atoms with E-state index in [2.05, 4.69) is 14.8 Å². The number of ether oxygens (including phenoxy) is 1. The van der Waals surface area contributed by atoms with E-state index in [1.807, 2.05) is 0 Å². The quantitative estimate of drug-likeness (QED) is 0.263. The molecule has 11 heavy (non-hydrogen) atoms. The van der Waals surface area contributed by atoms with Crippen molar-refractivity contribution in [2.45, 2.75) is 13.3 Å². The summed E-state index contributed by atoms with van der Waals surface area (Å²) in [5.41, 5.74) is 7.78. The number of ketones is 1. The van der Waals surface area contributed by atoms with Crippen molar-refractivity contribution in [2.24, 2.45) is 5.11 Å². The van der Waals surface area contributed by atoms with Gasteiger partial charge in [-0.25, -0.2) is 4.39 Å². The van der Waals surface area contributed by atoms with Crippen molar-refractivity contribution in [1.82, 2.24) is 0 Å². The molecular formula is C5H8FN3O2. The normalized spacial score (nSPS) is 11.8. The Morgan fingerprint density at radius 2 is 2.55 bits per heavy atom. The van der Waals surface area contributed by atoms with E-state index < -0.39 is 12.1 Å². The maximum Gasteiger partial charge on any atom is 0.257 e. The zero-order chi connectivity index (χ0) is 8.69. The second kappa shape index (κ2) is 5.64. The number of azide groups is 1. The Bertz CT molecular complexity index is 179. The zero-order valence-corrected chi connectivity index (χ0v) is 6.03. The number of hydrogen-bond donors (Lipinski definition) is 0. The molecule has 0 aliphatic carbocycles. The van der Waals surface area contributed by atoms with Crippen LogP contribution < -0.4 is 0 Å². The van der Waals surface area contributed by atoms with Gasteiger partial charge in [-0.15, -0.1) is 0 Å². The summed E-state index contributed by atoms with van der Waals surface area (Å²) in [6.07, 6.45) is -1.90. The summed E-state index contributed by atoms with van der Waals surface area (Å²) in [7, 11) is 0. The number of hydrogen-bond acceptors (Lipinski definition) is 3. The van der Waals surface area contributed by atoms with Crippen LogP contribution in [0.25, 0.3) is 10.4 Å². The summed E-state index contributed by atoms with van der Waals surface area (Å²) in [5.74, 6) is -0.689. The Kier molecular flexibility index (Phi) is 5.06. The fraction of sp³-hybridized carbons (Fsp3) is 0.800. The Balaban J connectivity index is 3.38. The molecule has 5 nitrogen and oxygen atoms in total. The van der Waals surface area contributed by atoms with Gasteiger partial charge in [-0.2, -0.15) is 0 Å². The lowest BCUT2D eigenvalue weighted by molar-refractivity contribution is -0.139. The van der Waals surface area contributed by atoms with Gasteiger partial charge in [0.05, 0.1) is 6.61 Å². The number of Topliss-reactive ketones (excluding diaryl/α,β-unsaturated/α-hetero) is 1. The highest BCUT2D eigenvalue weighted by molar-refractivity contribution is 5.78. The van der Waals surface area contributed by atoms with E-state index in [1.54, 1.807) is 0 Å². The molecule has 0 aromatic carbocycles. The van der Waals surface area contributed by atoms with E-state index in [-0.39, 0.29) is 13.2 Å². The minimum absolute atomic E-state index is 0.0319. The third-order valence-electron chi connectivity index (χ3n) is 0.838. The van der Waals surface area contributed by atoms with E-state index in [1.165, 1.54) is 0 Å². The first-order valence-corrected chi connectivity index (χ1v) is 2.95. The van der Waals surface area contributed by atoms with Gasteiger partial charge in [-0.3, -0.25) is 4.79 Å². The van der Waals surface area contributed by atoms with Crippen LogP contribution in [0.2, 0.25) is 0 Å². The first kappa shape index (κ1) is 9.87. The van der Waals surface area contributed by atoms with Crippen LogP contribution in [0.5, 0.6) is 0 Å². The molecule has 62 valence electrons. The maximum atomic E-state index is 12.2. The van der Waals surface area contributed by atoms with Crippen LogP contribution in [0.4, 0.5) is 4.39 Å². The molecule has 0 aliphatic rings. The monoisotopic (exact) mass is 161 g/mol. The fourth-order valence-corrected chi connectivity index (χ4v) is 0.359. The molecule has 0 saturated heterocycles. The van der Waals surface area contributed by atoms with Crippen molar-refractivity contribution in [2.75, 3.05) is 13.2 Å². The lowest BCUT2D eigenvalue weighted by atomic mass is 10.5. The molecule has 0 radical (unpaired) electrons. The highest BCUT2D eigenvalue weighted by atomic mass is 19.1. The molecule has 0 aliphatic heterocycles. The van der Waals surface area contributed by atoms with Gasteiger partial charge in [0, 0.05) is 18.4 Å². The standard InChI is InChI=1S/C5H8FN3O2/c1-4(10)5(6)11-3-2-8-9-7/h5H,2-3H2,1H3. The molecule has 0 spiro atoms. The van der Waals surface area contributed by atoms with Crippen molar-refractivity contribution in [3.8, 4) is 0 Å². The molecule has 0 saturated carbocycles. The van der Waals surface area contributed by atoms with Crippen LogP contribution in [-0.4, -0.2) is 25.3 Å². The SMILES string of the molecule is CC(=O)C(F)OCCN=[N+]=[N-]. The van der Waals surface area contributed by atoms with Gasteiger partial charge in [-0.1, -0.05) is 5.11 Å². The van der Waals surface area contributed by atoms with Gasteiger partial charge in [0.15, 0.2) is 5.78 Å². The van der Waals surface area contributed by atoms with Crippen LogP contribution in [-0.2, 0) is 9.53 Å². The topological polar surface area (TPSA) is 75.1 Å². The van der Waals surface area contributed by atoms with E-state index >= 15 is 0 Å². The molecule has 0 amide bonds. The molecule has 1 unspecified atom stereocenters. The van der Waals surface area contributed by atoms with E-state index in [4.69, 9.17) is 5.53 Å². The smallest absolute Gasteiger partial charge is 0.257 e. The number of rotatable bonds is 5. The van der Waals surface area contributed by atoms with Crippen LogP contribution >= 0.6 is 0 Å². The van der Waals surface area contributed by atoms with Crippen molar-refractivity contribution in [3.63, 3.8) is 0 Å². The first-order chi connectivity index (χ1) is 5.18. The Morgan fingerprint density at radius 3 is 3.00 bits per heavy atom. The number of carbonyl (C=O) groups is 1. The average molecular weight is 161 g/mol. The highest BCUT2D eigenvalue weighted by Gasteiger charge is 2.10. The van der Waals surface area contributed by atoms with Gasteiger partial charge >= 0.3 is 0 Å². The molecule has 0 N–H and O–H groups in total. The predicted molar refractivity (Wildman–Crippen MR) is 35.5 cm³/mol. The van der Waals surface area contributed by atoms with Gasteiger partial charge < -0.3 is 4.74 Å². The fourth-order valence-electron chi connectivity index (χ4n) is 0.359. The number of alkyl halides is 1. The average Bonchev–Trinajstić information content (AvgIpc) is 1.97. The minimum Gasteiger partial charge on any atom is -0.342 e. The van der Waals surface area contributed by atoms with E-state index in [9.17, 15) is 9.18 Å². The maximum absolute atomic E-state index is 12.2. The van der Waals surface area contributed by atoms with Gasteiger partial charge in [-0.05, 0) is 5.53 Å². The number of halogens is 1. The molecule has 1 atom stereocenters. The second-order valence-electron chi connectivity index (χ2n) is 1.75. The van der Waals surface area contributed by atoms with Crippen LogP contribution in [0.1, 0.15) is 6.92 Å². The lowest BCUT2D eigenvalue weighted by Gasteiger charge is -2.02. The third-order valence-corrected chi connectivity index (χ3v) is 0.838. The predicted octanol–water partition coefficient (Wildman–Crippen LogP) is 1.20. The van der Waals surface area contributed by atoms with Gasteiger partial charge in [0.1, 0.15) is 0 Å².